The Hall–Kier alpha value is -1.10. The third-order valence-corrected chi connectivity index (χ3v) is 3.74. The lowest BCUT2D eigenvalue weighted by Gasteiger charge is -2.24. The Morgan fingerprint density at radius 1 is 1.32 bits per heavy atom. The molecule has 1 aromatic rings. The highest BCUT2D eigenvalue weighted by atomic mass is 16.3. The molecule has 19 heavy (non-hydrogen) atoms. The number of nitrogens with one attached hydrogen (secondary N) is 1. The number of aliphatic hydroxyl groups is 1. The molecule has 0 bridgehead atoms. The van der Waals surface area contributed by atoms with E-state index in [9.17, 15) is 5.11 Å². The first-order valence-corrected chi connectivity index (χ1v) is 7.10. The van der Waals surface area contributed by atoms with Gasteiger partial charge in [-0.3, -0.25) is 10.2 Å². The Bertz CT molecular complexity index is 409. The zero-order chi connectivity index (χ0) is 13.7. The van der Waals surface area contributed by atoms with Crippen LogP contribution < -0.4 is 5.32 Å². The van der Waals surface area contributed by atoms with Crippen LogP contribution in [0.5, 0.6) is 5.75 Å². The number of hydrogen-bond acceptors (Lipinski definition) is 4. The lowest BCUT2D eigenvalue weighted by molar-refractivity contribution is 0.231. The lowest BCUT2D eigenvalue weighted by Crippen LogP contribution is -2.28. The van der Waals surface area contributed by atoms with Crippen LogP contribution in [-0.2, 0) is 0 Å². The molecule has 0 spiro atoms. The summed E-state index contributed by atoms with van der Waals surface area (Å²) in [5.74, 6) is 0.358. The molecule has 4 heteroatoms. The van der Waals surface area contributed by atoms with Crippen molar-refractivity contribution in [2.24, 2.45) is 0 Å². The number of phenols is 1. The summed E-state index contributed by atoms with van der Waals surface area (Å²) in [5, 5.41) is 21.9. The number of nitrogens with zero attached hydrogens (tertiary/aromatic N) is 1. The van der Waals surface area contributed by atoms with E-state index >= 15 is 0 Å². The predicted molar refractivity (Wildman–Crippen MR) is 76.1 cm³/mol. The van der Waals surface area contributed by atoms with Crippen molar-refractivity contribution in [1.29, 1.82) is 0 Å². The van der Waals surface area contributed by atoms with Gasteiger partial charge in [-0.05, 0) is 56.0 Å². The first-order chi connectivity index (χ1) is 9.22. The summed E-state index contributed by atoms with van der Waals surface area (Å²) in [6.07, 6.45) is 3.35. The predicted octanol–water partition coefficient (Wildman–Crippen LogP) is 1.77. The summed E-state index contributed by atoms with van der Waals surface area (Å²) in [6.45, 7) is 5.34. The zero-order valence-corrected chi connectivity index (χ0v) is 11.6. The van der Waals surface area contributed by atoms with Crippen molar-refractivity contribution in [3.8, 4) is 5.75 Å². The lowest BCUT2D eigenvalue weighted by atomic mass is 10.1. The Labute approximate surface area is 115 Å². The first kappa shape index (κ1) is 14.3. The fourth-order valence-electron chi connectivity index (χ4n) is 2.62. The van der Waals surface area contributed by atoms with Crippen LogP contribution in [-0.4, -0.2) is 41.4 Å². The second kappa shape index (κ2) is 6.89. The summed E-state index contributed by atoms with van der Waals surface area (Å²) >= 11 is 0. The van der Waals surface area contributed by atoms with Crippen LogP contribution in [0.4, 0.5) is 0 Å². The van der Waals surface area contributed by atoms with Gasteiger partial charge in [0.25, 0.3) is 0 Å². The van der Waals surface area contributed by atoms with Crippen LogP contribution in [0.15, 0.2) is 18.2 Å². The van der Waals surface area contributed by atoms with Crippen molar-refractivity contribution in [2.75, 3.05) is 26.2 Å². The van der Waals surface area contributed by atoms with Crippen molar-refractivity contribution in [3.63, 3.8) is 0 Å². The molecule has 1 aromatic carbocycles. The summed E-state index contributed by atoms with van der Waals surface area (Å²) in [7, 11) is 0. The third kappa shape index (κ3) is 3.69. The largest absolute Gasteiger partial charge is 0.508 e. The second-order valence-corrected chi connectivity index (χ2v) is 5.22. The van der Waals surface area contributed by atoms with E-state index < -0.39 is 0 Å². The van der Waals surface area contributed by atoms with Gasteiger partial charge in [-0.25, -0.2) is 0 Å². The van der Waals surface area contributed by atoms with Crippen molar-refractivity contribution in [3.05, 3.63) is 29.3 Å². The normalized spacial score (nSPS) is 20.0. The Morgan fingerprint density at radius 2 is 2.16 bits per heavy atom. The van der Waals surface area contributed by atoms with E-state index in [1.807, 2.05) is 13.0 Å². The molecule has 106 valence electrons. The molecule has 1 fully saturated rings. The molecule has 0 aliphatic carbocycles. The van der Waals surface area contributed by atoms with Crippen molar-refractivity contribution in [1.82, 2.24) is 10.2 Å². The highest BCUT2D eigenvalue weighted by molar-refractivity contribution is 5.36. The number of phenolic OH excluding ortho intramolecular Hbond substituents is 1. The molecule has 0 aromatic heterocycles. The maximum atomic E-state index is 9.60. The van der Waals surface area contributed by atoms with E-state index in [1.165, 1.54) is 5.56 Å². The Balaban J connectivity index is 1.95. The minimum Gasteiger partial charge on any atom is -0.508 e. The monoisotopic (exact) mass is 264 g/mol. The van der Waals surface area contributed by atoms with Gasteiger partial charge in [0.15, 0.2) is 0 Å². The number of aromatic hydroxyl groups is 1. The van der Waals surface area contributed by atoms with Gasteiger partial charge in [0.2, 0.25) is 0 Å². The van der Waals surface area contributed by atoms with E-state index in [0.717, 1.165) is 44.5 Å². The van der Waals surface area contributed by atoms with Crippen molar-refractivity contribution in [2.45, 2.75) is 32.4 Å². The zero-order valence-electron chi connectivity index (χ0n) is 11.6. The molecule has 1 saturated heterocycles. The van der Waals surface area contributed by atoms with Crippen LogP contribution in [0, 0.1) is 6.92 Å². The number of unbranched alkanes of at least 4 members (excludes halogenated alkanes) is 2. The number of aliphatic hydroxyl groups excluding tert-OH is 1. The second-order valence-electron chi connectivity index (χ2n) is 5.22. The molecule has 0 amide bonds. The number of hydrogen-bond donors (Lipinski definition) is 3. The average molecular weight is 264 g/mol. The van der Waals surface area contributed by atoms with Gasteiger partial charge in [0.05, 0.1) is 6.17 Å². The maximum absolute atomic E-state index is 9.60. The molecule has 1 aliphatic rings. The molecular weight excluding hydrogens is 240 g/mol. The molecule has 0 radical (unpaired) electrons. The third-order valence-electron chi connectivity index (χ3n) is 3.74. The SMILES string of the molecule is Cc1cc(C2NCCN2CCCCCO)ccc1O. The van der Waals surface area contributed by atoms with Gasteiger partial charge in [-0.15, -0.1) is 0 Å². The Morgan fingerprint density at radius 3 is 2.89 bits per heavy atom. The maximum Gasteiger partial charge on any atom is 0.118 e. The summed E-state index contributed by atoms with van der Waals surface area (Å²) in [4.78, 5) is 2.43. The van der Waals surface area contributed by atoms with E-state index in [0.29, 0.717) is 12.4 Å². The van der Waals surface area contributed by atoms with Crippen LogP contribution in [0.1, 0.15) is 36.6 Å². The minimum absolute atomic E-state index is 0.258. The Kier molecular flexibility index (Phi) is 5.19. The summed E-state index contributed by atoms with van der Waals surface area (Å²) in [6, 6.07) is 5.82. The van der Waals surface area contributed by atoms with E-state index in [1.54, 1.807) is 6.07 Å². The summed E-state index contributed by atoms with van der Waals surface area (Å²) in [5.41, 5.74) is 2.14. The van der Waals surface area contributed by atoms with E-state index in [4.69, 9.17) is 5.11 Å². The first-order valence-electron chi connectivity index (χ1n) is 7.10. The quantitative estimate of drug-likeness (QED) is 0.685. The van der Waals surface area contributed by atoms with E-state index in [-0.39, 0.29) is 6.17 Å². The smallest absolute Gasteiger partial charge is 0.118 e. The standard InChI is InChI=1S/C15H24N2O2/c1-12-11-13(5-6-14(12)19)15-16-7-9-17(15)8-3-2-4-10-18/h5-6,11,15-16,18-19H,2-4,7-10H2,1H3. The molecule has 3 N–H and O–H groups in total. The molecule has 4 nitrogen and oxygen atoms in total. The van der Waals surface area contributed by atoms with Crippen LogP contribution in [0.2, 0.25) is 0 Å². The van der Waals surface area contributed by atoms with Gasteiger partial charge in [0, 0.05) is 19.7 Å². The highest BCUT2D eigenvalue weighted by Crippen LogP contribution is 2.26. The average Bonchev–Trinajstić information content (AvgIpc) is 2.86. The van der Waals surface area contributed by atoms with Crippen molar-refractivity contribution >= 4 is 0 Å². The number of rotatable bonds is 6. The molecule has 1 heterocycles. The van der Waals surface area contributed by atoms with Gasteiger partial charge in [-0.2, -0.15) is 0 Å². The molecule has 1 atom stereocenters. The van der Waals surface area contributed by atoms with Crippen LogP contribution in [0.25, 0.3) is 0 Å². The topological polar surface area (TPSA) is 55.7 Å². The molecular formula is C15H24N2O2. The molecule has 1 unspecified atom stereocenters. The van der Waals surface area contributed by atoms with E-state index in [2.05, 4.69) is 16.3 Å². The summed E-state index contributed by atoms with van der Waals surface area (Å²) < 4.78 is 0. The number of benzene rings is 1. The molecule has 0 saturated carbocycles. The van der Waals surface area contributed by atoms with Gasteiger partial charge in [0.1, 0.15) is 5.75 Å². The van der Waals surface area contributed by atoms with Gasteiger partial charge in [-0.1, -0.05) is 6.07 Å². The fraction of sp³-hybridized carbons (Fsp3) is 0.600. The number of aryl methyl sites for hydroxylation is 1. The van der Waals surface area contributed by atoms with Gasteiger partial charge >= 0.3 is 0 Å². The molecule has 1 aliphatic heterocycles. The highest BCUT2D eigenvalue weighted by Gasteiger charge is 2.24. The molecule has 2 rings (SSSR count). The van der Waals surface area contributed by atoms with Crippen LogP contribution in [0.3, 0.4) is 0 Å². The fourth-order valence-corrected chi connectivity index (χ4v) is 2.62. The van der Waals surface area contributed by atoms with Crippen LogP contribution >= 0.6 is 0 Å². The minimum atomic E-state index is 0.258. The van der Waals surface area contributed by atoms with Crippen molar-refractivity contribution < 1.29 is 10.2 Å². The van der Waals surface area contributed by atoms with Gasteiger partial charge < -0.3 is 10.2 Å².